The topological polar surface area (TPSA) is 48.0 Å². The summed E-state index contributed by atoms with van der Waals surface area (Å²) in [5, 5.41) is 0. The molecule has 0 radical (unpaired) electrons. The number of carbonyl (C=O) groups excluding carboxylic acids is 1. The first-order chi connectivity index (χ1) is 11.2. The number of benzene rings is 1. The quantitative estimate of drug-likeness (QED) is 0.688. The van der Waals surface area contributed by atoms with Crippen molar-refractivity contribution in [2.24, 2.45) is 0 Å². The normalized spacial score (nSPS) is 14.8. The van der Waals surface area contributed by atoms with E-state index in [1.807, 2.05) is 0 Å². The molecule has 23 heavy (non-hydrogen) atoms. The standard InChI is InChI=1S/C16H21F2NO4/c17-16(18)23-14-6-2-1-5-13(14)22-10-4-3-7-15(20)19-8-11-21-12-9-19/h1-2,5-6,16H,3-4,7-12H2. The minimum absolute atomic E-state index is 0.0203. The molecule has 1 heterocycles. The fraction of sp³-hybridized carbons (Fsp3) is 0.562. The van der Waals surface area contributed by atoms with Gasteiger partial charge >= 0.3 is 6.61 Å². The summed E-state index contributed by atoms with van der Waals surface area (Å²) >= 11 is 0. The molecule has 1 aliphatic heterocycles. The molecule has 0 bridgehead atoms. The maximum atomic E-state index is 12.3. The summed E-state index contributed by atoms with van der Waals surface area (Å²) in [7, 11) is 0. The van der Waals surface area contributed by atoms with Crippen LogP contribution in [0.4, 0.5) is 8.78 Å². The molecule has 1 saturated heterocycles. The second-order valence-corrected chi connectivity index (χ2v) is 5.12. The Morgan fingerprint density at radius 1 is 1.17 bits per heavy atom. The highest BCUT2D eigenvalue weighted by molar-refractivity contribution is 5.76. The average molecular weight is 329 g/mol. The first-order valence-corrected chi connectivity index (χ1v) is 7.69. The number of unbranched alkanes of at least 4 members (excludes halogenated alkanes) is 1. The van der Waals surface area contributed by atoms with Crippen molar-refractivity contribution < 1.29 is 27.8 Å². The summed E-state index contributed by atoms with van der Waals surface area (Å²) in [6, 6.07) is 6.31. The third kappa shape index (κ3) is 6.02. The van der Waals surface area contributed by atoms with Crippen LogP contribution in [-0.2, 0) is 9.53 Å². The molecule has 0 spiro atoms. The molecule has 0 atom stereocenters. The monoisotopic (exact) mass is 329 g/mol. The van der Waals surface area contributed by atoms with Crippen molar-refractivity contribution in [3.05, 3.63) is 24.3 Å². The third-order valence-corrected chi connectivity index (χ3v) is 3.47. The summed E-state index contributed by atoms with van der Waals surface area (Å²) in [5.41, 5.74) is 0. The minimum atomic E-state index is -2.88. The Labute approximate surface area is 134 Å². The Morgan fingerprint density at radius 2 is 1.87 bits per heavy atom. The fourth-order valence-corrected chi connectivity index (χ4v) is 2.29. The average Bonchev–Trinajstić information content (AvgIpc) is 2.56. The molecule has 0 aliphatic carbocycles. The smallest absolute Gasteiger partial charge is 0.387 e. The molecular formula is C16H21F2NO4. The second kappa shape index (κ2) is 9.29. The number of amides is 1. The number of morpholine rings is 1. The highest BCUT2D eigenvalue weighted by atomic mass is 19.3. The van der Waals surface area contributed by atoms with Crippen LogP contribution < -0.4 is 9.47 Å². The molecule has 1 aromatic carbocycles. The Balaban J connectivity index is 1.66. The van der Waals surface area contributed by atoms with E-state index in [1.165, 1.54) is 6.07 Å². The van der Waals surface area contributed by atoms with Crippen LogP contribution in [0.15, 0.2) is 24.3 Å². The van der Waals surface area contributed by atoms with Crippen molar-refractivity contribution in [1.82, 2.24) is 4.90 Å². The van der Waals surface area contributed by atoms with Crippen molar-refractivity contribution in [3.63, 3.8) is 0 Å². The van der Waals surface area contributed by atoms with Crippen LogP contribution in [0.1, 0.15) is 19.3 Å². The van der Waals surface area contributed by atoms with E-state index in [0.29, 0.717) is 52.2 Å². The van der Waals surface area contributed by atoms with Crippen LogP contribution in [0.5, 0.6) is 11.5 Å². The molecule has 7 heteroatoms. The number of carbonyl (C=O) groups is 1. The maximum Gasteiger partial charge on any atom is 0.387 e. The number of hydrogen-bond acceptors (Lipinski definition) is 4. The van der Waals surface area contributed by atoms with Crippen LogP contribution in [0.3, 0.4) is 0 Å². The predicted octanol–water partition coefficient (Wildman–Crippen LogP) is 2.70. The molecule has 5 nitrogen and oxygen atoms in total. The summed E-state index contributed by atoms with van der Waals surface area (Å²) in [6.45, 7) is -0.0571. The van der Waals surface area contributed by atoms with Crippen molar-refractivity contribution in [3.8, 4) is 11.5 Å². The van der Waals surface area contributed by atoms with E-state index in [0.717, 1.165) is 0 Å². The summed E-state index contributed by atoms with van der Waals surface area (Å²) < 4.78 is 39.6. The zero-order valence-electron chi connectivity index (χ0n) is 12.9. The van der Waals surface area contributed by atoms with E-state index in [4.69, 9.17) is 9.47 Å². The SMILES string of the molecule is O=C(CCCCOc1ccccc1OC(F)F)N1CCOCC1. The maximum absolute atomic E-state index is 12.3. The largest absolute Gasteiger partial charge is 0.490 e. The van der Waals surface area contributed by atoms with Gasteiger partial charge in [-0.15, -0.1) is 0 Å². The molecule has 128 valence electrons. The van der Waals surface area contributed by atoms with E-state index in [-0.39, 0.29) is 17.4 Å². The molecule has 1 amide bonds. The first kappa shape index (κ1) is 17.5. The zero-order valence-corrected chi connectivity index (χ0v) is 12.9. The lowest BCUT2D eigenvalue weighted by atomic mass is 10.2. The Morgan fingerprint density at radius 3 is 2.57 bits per heavy atom. The molecule has 1 aromatic rings. The molecule has 2 rings (SSSR count). The molecule has 0 aromatic heterocycles. The van der Waals surface area contributed by atoms with E-state index in [2.05, 4.69) is 4.74 Å². The minimum Gasteiger partial charge on any atom is -0.490 e. The predicted molar refractivity (Wildman–Crippen MR) is 79.8 cm³/mol. The fourth-order valence-electron chi connectivity index (χ4n) is 2.29. The number of para-hydroxylation sites is 2. The molecule has 1 aliphatic rings. The summed E-state index contributed by atoms with van der Waals surface area (Å²) in [6.07, 6.45) is 1.81. The van der Waals surface area contributed by atoms with Gasteiger partial charge in [-0.05, 0) is 25.0 Å². The number of halogens is 2. The van der Waals surface area contributed by atoms with Gasteiger partial charge in [-0.25, -0.2) is 0 Å². The first-order valence-electron chi connectivity index (χ1n) is 7.69. The van der Waals surface area contributed by atoms with E-state index >= 15 is 0 Å². The molecule has 1 fully saturated rings. The second-order valence-electron chi connectivity index (χ2n) is 5.12. The van der Waals surface area contributed by atoms with E-state index in [9.17, 15) is 13.6 Å². The van der Waals surface area contributed by atoms with Gasteiger partial charge in [0.1, 0.15) is 0 Å². The van der Waals surface area contributed by atoms with Crippen molar-refractivity contribution in [2.75, 3.05) is 32.9 Å². The lowest BCUT2D eigenvalue weighted by molar-refractivity contribution is -0.135. The Kier molecular flexibility index (Phi) is 7.06. The van der Waals surface area contributed by atoms with Gasteiger partial charge in [-0.3, -0.25) is 4.79 Å². The lowest BCUT2D eigenvalue weighted by Crippen LogP contribution is -2.40. The van der Waals surface area contributed by atoms with Gasteiger partial charge in [0.2, 0.25) is 5.91 Å². The zero-order chi connectivity index (χ0) is 16.5. The summed E-state index contributed by atoms with van der Waals surface area (Å²) in [4.78, 5) is 13.7. The van der Waals surface area contributed by atoms with E-state index < -0.39 is 6.61 Å². The third-order valence-electron chi connectivity index (χ3n) is 3.47. The highest BCUT2D eigenvalue weighted by Gasteiger charge is 2.16. The number of nitrogens with zero attached hydrogens (tertiary/aromatic N) is 1. The number of rotatable bonds is 8. The molecule has 0 saturated carbocycles. The lowest BCUT2D eigenvalue weighted by Gasteiger charge is -2.26. The van der Waals surface area contributed by atoms with Crippen LogP contribution in [0, 0.1) is 0 Å². The van der Waals surface area contributed by atoms with Crippen molar-refractivity contribution >= 4 is 5.91 Å². The van der Waals surface area contributed by atoms with Gasteiger partial charge in [-0.2, -0.15) is 8.78 Å². The van der Waals surface area contributed by atoms with Crippen LogP contribution >= 0.6 is 0 Å². The van der Waals surface area contributed by atoms with Gasteiger partial charge in [0.25, 0.3) is 0 Å². The molecular weight excluding hydrogens is 308 g/mol. The van der Waals surface area contributed by atoms with E-state index in [1.54, 1.807) is 23.1 Å². The van der Waals surface area contributed by atoms with Gasteiger partial charge in [-0.1, -0.05) is 12.1 Å². The summed E-state index contributed by atoms with van der Waals surface area (Å²) in [5.74, 6) is 0.425. The Bertz CT molecular complexity index is 493. The van der Waals surface area contributed by atoms with Gasteiger partial charge in [0.05, 0.1) is 19.8 Å². The van der Waals surface area contributed by atoms with Crippen LogP contribution in [0.2, 0.25) is 0 Å². The number of alkyl halides is 2. The van der Waals surface area contributed by atoms with Gasteiger partial charge in [0, 0.05) is 19.5 Å². The van der Waals surface area contributed by atoms with Gasteiger partial charge < -0.3 is 19.1 Å². The van der Waals surface area contributed by atoms with Crippen molar-refractivity contribution in [1.29, 1.82) is 0 Å². The van der Waals surface area contributed by atoms with Crippen LogP contribution in [0.25, 0.3) is 0 Å². The van der Waals surface area contributed by atoms with Crippen LogP contribution in [-0.4, -0.2) is 50.3 Å². The van der Waals surface area contributed by atoms with Gasteiger partial charge in [0.15, 0.2) is 11.5 Å². The molecule has 0 N–H and O–H groups in total. The number of ether oxygens (including phenoxy) is 3. The number of hydrogen-bond donors (Lipinski definition) is 0. The van der Waals surface area contributed by atoms with Crippen molar-refractivity contribution in [2.45, 2.75) is 25.9 Å². The molecule has 0 unspecified atom stereocenters. The highest BCUT2D eigenvalue weighted by Crippen LogP contribution is 2.28. The Hall–Kier alpha value is -1.89.